The monoisotopic (exact) mass is 356 g/mol. The van der Waals surface area contributed by atoms with Gasteiger partial charge in [-0.3, -0.25) is 0 Å². The van der Waals surface area contributed by atoms with Crippen LogP contribution in [0, 0.1) is 0 Å². The molecule has 0 amide bonds. The molecular weight excluding hydrogens is 332 g/mol. The van der Waals surface area contributed by atoms with Crippen LogP contribution in [-0.4, -0.2) is 57.6 Å². The van der Waals surface area contributed by atoms with Gasteiger partial charge in [0, 0.05) is 26.2 Å². The van der Waals surface area contributed by atoms with Gasteiger partial charge in [-0.1, -0.05) is 0 Å². The summed E-state index contributed by atoms with van der Waals surface area (Å²) in [5.41, 5.74) is 6.08. The predicted molar refractivity (Wildman–Crippen MR) is 89.2 cm³/mol. The molecule has 1 aliphatic rings. The molecule has 1 heterocycles. The number of rotatable bonds is 6. The van der Waals surface area contributed by atoms with E-state index in [1.807, 2.05) is 0 Å². The lowest BCUT2D eigenvalue weighted by Gasteiger charge is -2.37. The van der Waals surface area contributed by atoms with Gasteiger partial charge in [0.1, 0.15) is 0 Å². The van der Waals surface area contributed by atoms with Gasteiger partial charge >= 0.3 is 5.97 Å². The summed E-state index contributed by atoms with van der Waals surface area (Å²) in [5, 5.41) is 0. The molecule has 0 spiro atoms. The molecule has 0 saturated carbocycles. The molecule has 134 valence electrons. The minimum atomic E-state index is -3.66. The Balaban J connectivity index is 2.21. The summed E-state index contributed by atoms with van der Waals surface area (Å²) in [6, 6.07) is 5.49. The molecule has 1 aliphatic heterocycles. The van der Waals surface area contributed by atoms with Crippen molar-refractivity contribution in [1.82, 2.24) is 4.31 Å². The largest absolute Gasteiger partial charge is 0.462 e. The molecule has 1 saturated heterocycles. The number of hydrogen-bond donors (Lipinski definition) is 1. The average Bonchev–Trinajstić information content (AvgIpc) is 2.61. The first kappa shape index (κ1) is 18.9. The Bertz CT molecular complexity index is 660. The number of carbonyl (C=O) groups excluding carboxylic acids is 1. The van der Waals surface area contributed by atoms with E-state index in [2.05, 4.69) is 0 Å². The van der Waals surface area contributed by atoms with E-state index in [4.69, 9.17) is 15.2 Å². The van der Waals surface area contributed by atoms with E-state index in [1.165, 1.54) is 28.6 Å². The van der Waals surface area contributed by atoms with Crippen LogP contribution in [0.5, 0.6) is 0 Å². The number of esters is 1. The van der Waals surface area contributed by atoms with Gasteiger partial charge in [0.15, 0.2) is 0 Å². The molecular formula is C16H24N2O5S. The van der Waals surface area contributed by atoms with E-state index >= 15 is 0 Å². The highest BCUT2D eigenvalue weighted by Crippen LogP contribution is 2.26. The second-order valence-electron chi connectivity index (χ2n) is 5.63. The number of carbonyl (C=O) groups is 1. The highest BCUT2D eigenvalue weighted by Gasteiger charge is 2.36. The summed E-state index contributed by atoms with van der Waals surface area (Å²) in [5.74, 6) is -0.470. The Morgan fingerprint density at radius 1 is 1.33 bits per heavy atom. The van der Waals surface area contributed by atoms with Crippen molar-refractivity contribution in [2.45, 2.75) is 36.8 Å². The Morgan fingerprint density at radius 3 is 2.54 bits per heavy atom. The summed E-state index contributed by atoms with van der Waals surface area (Å²) >= 11 is 0. The van der Waals surface area contributed by atoms with Crippen LogP contribution in [-0.2, 0) is 19.5 Å². The standard InChI is InChI=1S/C16H24N2O5S/c1-3-23-16(19)12-4-6-15(7-5-12)24(20,21)18-9-8-14(22-2)10-13(18)11-17/h4-7,13-14H,3,8-11,17H2,1-2H3. The van der Waals surface area contributed by atoms with Crippen LogP contribution in [0.15, 0.2) is 29.2 Å². The van der Waals surface area contributed by atoms with Gasteiger partial charge in [0.25, 0.3) is 0 Å². The van der Waals surface area contributed by atoms with Gasteiger partial charge in [-0.05, 0) is 44.0 Å². The molecule has 24 heavy (non-hydrogen) atoms. The highest BCUT2D eigenvalue weighted by molar-refractivity contribution is 7.89. The second-order valence-corrected chi connectivity index (χ2v) is 7.52. The molecule has 7 nitrogen and oxygen atoms in total. The molecule has 2 rings (SSSR count). The minimum absolute atomic E-state index is 0.0243. The number of hydrogen-bond acceptors (Lipinski definition) is 6. The number of nitrogens with zero attached hydrogens (tertiary/aromatic N) is 1. The molecule has 0 aliphatic carbocycles. The second kappa shape index (κ2) is 8.06. The van der Waals surface area contributed by atoms with Crippen LogP contribution in [0.25, 0.3) is 0 Å². The number of sulfonamides is 1. The normalized spacial score (nSPS) is 22.3. The molecule has 2 atom stereocenters. The smallest absolute Gasteiger partial charge is 0.338 e. The number of nitrogens with two attached hydrogens (primary N) is 1. The number of piperidine rings is 1. The van der Waals surface area contributed by atoms with E-state index in [0.717, 1.165) is 0 Å². The molecule has 0 radical (unpaired) electrons. The van der Waals surface area contributed by atoms with E-state index < -0.39 is 16.0 Å². The van der Waals surface area contributed by atoms with Crippen LogP contribution in [0.3, 0.4) is 0 Å². The van der Waals surface area contributed by atoms with Crippen molar-refractivity contribution in [3.05, 3.63) is 29.8 Å². The maximum Gasteiger partial charge on any atom is 0.338 e. The van der Waals surface area contributed by atoms with Gasteiger partial charge in [-0.25, -0.2) is 13.2 Å². The predicted octanol–water partition coefficient (Wildman–Crippen LogP) is 0.990. The molecule has 1 aromatic carbocycles. The zero-order valence-corrected chi connectivity index (χ0v) is 14.8. The fourth-order valence-electron chi connectivity index (χ4n) is 2.85. The van der Waals surface area contributed by atoms with E-state index in [0.29, 0.717) is 24.9 Å². The topological polar surface area (TPSA) is 98.9 Å². The summed E-state index contributed by atoms with van der Waals surface area (Å²) in [6.07, 6.45) is 1.23. The minimum Gasteiger partial charge on any atom is -0.462 e. The van der Waals surface area contributed by atoms with Crippen LogP contribution in [0.2, 0.25) is 0 Å². The summed E-state index contributed by atoms with van der Waals surface area (Å²) < 4.78 is 37.4. The first-order valence-corrected chi connectivity index (χ1v) is 9.40. The molecule has 1 fully saturated rings. The van der Waals surface area contributed by atoms with Crippen molar-refractivity contribution in [1.29, 1.82) is 0 Å². The van der Waals surface area contributed by atoms with Crippen LogP contribution in [0.4, 0.5) is 0 Å². The quantitative estimate of drug-likeness (QED) is 0.763. The lowest BCUT2D eigenvalue weighted by atomic mass is 10.0. The number of methoxy groups -OCH3 is 1. The molecule has 8 heteroatoms. The third kappa shape index (κ3) is 3.94. The lowest BCUT2D eigenvalue weighted by molar-refractivity contribution is 0.0401. The van der Waals surface area contributed by atoms with Gasteiger partial charge < -0.3 is 15.2 Å². The molecule has 0 bridgehead atoms. The van der Waals surface area contributed by atoms with Crippen molar-refractivity contribution >= 4 is 16.0 Å². The molecule has 2 unspecified atom stereocenters. The highest BCUT2D eigenvalue weighted by atomic mass is 32.2. The Labute approximate surface area is 142 Å². The summed E-state index contributed by atoms with van der Waals surface area (Å²) in [7, 11) is -2.04. The fraction of sp³-hybridized carbons (Fsp3) is 0.562. The van der Waals surface area contributed by atoms with E-state index in [1.54, 1.807) is 14.0 Å². The number of benzene rings is 1. The lowest BCUT2D eigenvalue weighted by Crippen LogP contribution is -2.51. The van der Waals surface area contributed by atoms with Crippen LogP contribution < -0.4 is 5.73 Å². The SMILES string of the molecule is CCOC(=O)c1ccc(S(=O)(=O)N2CCC(OC)CC2CN)cc1. The van der Waals surface area contributed by atoms with Crippen molar-refractivity contribution in [3.8, 4) is 0 Å². The maximum absolute atomic E-state index is 12.9. The third-order valence-corrected chi connectivity index (χ3v) is 6.16. The van der Waals surface area contributed by atoms with E-state index in [9.17, 15) is 13.2 Å². The Kier molecular flexibility index (Phi) is 6.34. The summed E-state index contributed by atoms with van der Waals surface area (Å²) in [4.78, 5) is 11.8. The van der Waals surface area contributed by atoms with Gasteiger partial charge in [-0.2, -0.15) is 4.31 Å². The zero-order valence-electron chi connectivity index (χ0n) is 14.0. The van der Waals surface area contributed by atoms with E-state index in [-0.39, 0.29) is 30.2 Å². The Hall–Kier alpha value is -1.48. The molecule has 0 aromatic heterocycles. The summed E-state index contributed by atoms with van der Waals surface area (Å²) in [6.45, 7) is 2.58. The Morgan fingerprint density at radius 2 is 2.00 bits per heavy atom. The van der Waals surface area contributed by atoms with Crippen molar-refractivity contribution < 1.29 is 22.7 Å². The van der Waals surface area contributed by atoms with Crippen molar-refractivity contribution in [2.75, 3.05) is 26.8 Å². The van der Waals surface area contributed by atoms with Crippen LogP contribution in [0.1, 0.15) is 30.1 Å². The third-order valence-electron chi connectivity index (χ3n) is 4.19. The molecule has 1 aromatic rings. The zero-order chi connectivity index (χ0) is 17.7. The van der Waals surface area contributed by atoms with Gasteiger partial charge in [0.05, 0.1) is 23.2 Å². The number of ether oxygens (including phenoxy) is 2. The van der Waals surface area contributed by atoms with Gasteiger partial charge in [-0.15, -0.1) is 0 Å². The fourth-order valence-corrected chi connectivity index (χ4v) is 4.51. The molecule has 2 N–H and O–H groups in total. The van der Waals surface area contributed by atoms with Crippen molar-refractivity contribution in [2.24, 2.45) is 5.73 Å². The maximum atomic E-state index is 12.9. The first-order valence-electron chi connectivity index (χ1n) is 7.96. The first-order chi connectivity index (χ1) is 11.4. The van der Waals surface area contributed by atoms with Crippen LogP contribution >= 0.6 is 0 Å². The van der Waals surface area contributed by atoms with Crippen molar-refractivity contribution in [3.63, 3.8) is 0 Å². The average molecular weight is 356 g/mol. The van der Waals surface area contributed by atoms with Gasteiger partial charge in [0.2, 0.25) is 10.0 Å².